The van der Waals surface area contributed by atoms with E-state index in [1.165, 1.54) is 11.3 Å². The van der Waals surface area contributed by atoms with Gasteiger partial charge in [0.15, 0.2) is 5.78 Å². The Hall–Kier alpha value is -2.73. The minimum Gasteiger partial charge on any atom is -0.346 e. The quantitative estimate of drug-likeness (QED) is 0.631. The zero-order valence-electron chi connectivity index (χ0n) is 13.9. The fourth-order valence-corrected chi connectivity index (χ4v) is 3.18. The van der Waals surface area contributed by atoms with Crippen molar-refractivity contribution < 1.29 is 9.59 Å². The number of nitrogens with zero attached hydrogens (tertiary/aromatic N) is 1. The summed E-state index contributed by atoms with van der Waals surface area (Å²) < 4.78 is 0. The summed E-state index contributed by atoms with van der Waals surface area (Å²) in [6, 6.07) is 13.2. The Labute approximate surface area is 150 Å². The molecular weight excluding hydrogens is 334 g/mol. The fraction of sp³-hybridized carbons (Fsp3) is 0.211. The van der Waals surface area contributed by atoms with E-state index in [0.29, 0.717) is 10.7 Å². The zero-order valence-corrected chi connectivity index (χ0v) is 14.7. The molecule has 0 spiro atoms. The van der Waals surface area contributed by atoms with Crippen LogP contribution in [0.15, 0.2) is 54.0 Å². The van der Waals surface area contributed by atoms with E-state index in [-0.39, 0.29) is 30.6 Å². The molecule has 3 aromatic rings. The molecule has 1 aromatic carbocycles. The summed E-state index contributed by atoms with van der Waals surface area (Å²) in [5.74, 6) is 0.536. The van der Waals surface area contributed by atoms with E-state index in [0.717, 1.165) is 11.3 Å². The number of amides is 1. The normalized spacial score (nSPS) is 11.9. The average Bonchev–Trinajstić information content (AvgIpc) is 3.32. The number of rotatable bonds is 7. The number of H-pyrrole nitrogens is 1. The molecule has 25 heavy (non-hydrogen) atoms. The lowest BCUT2D eigenvalue weighted by Gasteiger charge is -2.11. The lowest BCUT2D eigenvalue weighted by atomic mass is 10.2. The predicted octanol–water partition coefficient (Wildman–Crippen LogP) is 3.98. The summed E-state index contributed by atoms with van der Waals surface area (Å²) in [6.07, 6.45) is 2.15. The van der Waals surface area contributed by atoms with Crippen molar-refractivity contribution in [1.29, 1.82) is 0 Å². The molecule has 0 unspecified atom stereocenters. The molecule has 1 amide bonds. The third-order valence-corrected chi connectivity index (χ3v) is 4.75. The first kappa shape index (κ1) is 17.1. The summed E-state index contributed by atoms with van der Waals surface area (Å²) in [5, 5.41) is 4.74. The van der Waals surface area contributed by atoms with Crippen molar-refractivity contribution in [1.82, 2.24) is 15.3 Å². The van der Waals surface area contributed by atoms with Gasteiger partial charge in [-0.3, -0.25) is 9.59 Å². The first-order valence-electron chi connectivity index (χ1n) is 8.10. The van der Waals surface area contributed by atoms with Gasteiger partial charge >= 0.3 is 0 Å². The lowest BCUT2D eigenvalue weighted by Crippen LogP contribution is -2.27. The number of benzene rings is 1. The molecule has 3 rings (SSSR count). The third kappa shape index (κ3) is 4.42. The Morgan fingerprint density at radius 1 is 1.16 bits per heavy atom. The van der Waals surface area contributed by atoms with Crippen molar-refractivity contribution in [2.24, 2.45) is 0 Å². The van der Waals surface area contributed by atoms with Gasteiger partial charge in [-0.05, 0) is 23.9 Å². The minimum absolute atomic E-state index is 0.00201. The van der Waals surface area contributed by atoms with Crippen LogP contribution >= 0.6 is 11.3 Å². The maximum Gasteiger partial charge on any atom is 0.221 e. The molecule has 6 heteroatoms. The van der Waals surface area contributed by atoms with Gasteiger partial charge in [0.2, 0.25) is 5.91 Å². The molecule has 5 nitrogen and oxygen atoms in total. The van der Waals surface area contributed by atoms with Crippen LogP contribution in [0.3, 0.4) is 0 Å². The lowest BCUT2D eigenvalue weighted by molar-refractivity contribution is -0.121. The van der Waals surface area contributed by atoms with Gasteiger partial charge in [0.1, 0.15) is 5.82 Å². The number of hydrogen-bond acceptors (Lipinski definition) is 4. The maximum absolute atomic E-state index is 12.1. The molecule has 128 valence electrons. The highest BCUT2D eigenvalue weighted by Crippen LogP contribution is 2.19. The van der Waals surface area contributed by atoms with Crippen LogP contribution in [0.25, 0.3) is 11.3 Å². The summed E-state index contributed by atoms with van der Waals surface area (Å²) in [6.45, 7) is 1.87. The molecule has 0 saturated carbocycles. The number of Topliss-reactive ketones (excluding diaryl/α,β-unsaturated/α-hetero) is 1. The van der Waals surface area contributed by atoms with Crippen molar-refractivity contribution in [2.75, 3.05) is 0 Å². The molecule has 0 aliphatic rings. The van der Waals surface area contributed by atoms with Gasteiger partial charge in [-0.2, -0.15) is 0 Å². The number of aromatic nitrogens is 2. The molecule has 0 radical (unpaired) electrons. The predicted molar refractivity (Wildman–Crippen MR) is 98.5 cm³/mol. The highest BCUT2D eigenvalue weighted by Gasteiger charge is 2.15. The first-order chi connectivity index (χ1) is 12.1. The number of aromatic amines is 1. The van der Waals surface area contributed by atoms with Crippen molar-refractivity contribution in [2.45, 2.75) is 25.8 Å². The van der Waals surface area contributed by atoms with Crippen LogP contribution in [0, 0.1) is 0 Å². The van der Waals surface area contributed by atoms with Crippen molar-refractivity contribution in [3.63, 3.8) is 0 Å². The molecule has 2 heterocycles. The van der Waals surface area contributed by atoms with E-state index in [4.69, 9.17) is 0 Å². The summed E-state index contributed by atoms with van der Waals surface area (Å²) in [5.41, 5.74) is 1.95. The van der Waals surface area contributed by atoms with Crippen LogP contribution in [0.2, 0.25) is 0 Å². The number of thiophene rings is 1. The molecule has 0 bridgehead atoms. The Bertz CT molecular complexity index is 841. The highest BCUT2D eigenvalue weighted by atomic mass is 32.1. The van der Waals surface area contributed by atoms with E-state index in [1.54, 1.807) is 12.3 Å². The van der Waals surface area contributed by atoms with E-state index in [1.807, 2.05) is 48.7 Å². The largest absolute Gasteiger partial charge is 0.346 e. The van der Waals surface area contributed by atoms with E-state index in [2.05, 4.69) is 15.3 Å². The SMILES string of the molecule is C[C@H](NC(=O)CCC(=O)c1cccs1)c1ncc(-c2ccccc2)[nH]1. The number of nitrogens with one attached hydrogen (secondary N) is 2. The monoisotopic (exact) mass is 353 g/mol. The number of imidazole rings is 1. The van der Waals surface area contributed by atoms with E-state index >= 15 is 0 Å². The van der Waals surface area contributed by atoms with E-state index in [9.17, 15) is 9.59 Å². The van der Waals surface area contributed by atoms with Crippen LogP contribution in [0.4, 0.5) is 0 Å². The Morgan fingerprint density at radius 2 is 1.96 bits per heavy atom. The van der Waals surface area contributed by atoms with Gasteiger partial charge in [0, 0.05) is 12.8 Å². The summed E-state index contributed by atoms with van der Waals surface area (Å²) in [4.78, 5) is 32.3. The fourth-order valence-electron chi connectivity index (χ4n) is 2.49. The average molecular weight is 353 g/mol. The first-order valence-corrected chi connectivity index (χ1v) is 8.98. The minimum atomic E-state index is -0.248. The smallest absolute Gasteiger partial charge is 0.221 e. The molecule has 2 aromatic heterocycles. The van der Waals surface area contributed by atoms with Crippen LogP contribution in [0.5, 0.6) is 0 Å². The van der Waals surface area contributed by atoms with Gasteiger partial charge in [0.05, 0.1) is 22.8 Å². The molecular formula is C19H19N3O2S. The zero-order chi connectivity index (χ0) is 17.6. The Kier molecular flexibility index (Phi) is 5.40. The number of hydrogen-bond donors (Lipinski definition) is 2. The van der Waals surface area contributed by atoms with Crippen LogP contribution in [-0.2, 0) is 4.79 Å². The molecule has 0 saturated heterocycles. The number of carbonyl (C=O) groups is 2. The van der Waals surface area contributed by atoms with Gasteiger partial charge < -0.3 is 10.3 Å². The van der Waals surface area contributed by atoms with Gasteiger partial charge in [-0.15, -0.1) is 11.3 Å². The maximum atomic E-state index is 12.1. The number of ketones is 1. The van der Waals surface area contributed by atoms with Crippen molar-refractivity contribution in [3.05, 3.63) is 64.7 Å². The highest BCUT2D eigenvalue weighted by molar-refractivity contribution is 7.12. The van der Waals surface area contributed by atoms with Gasteiger partial charge in [0.25, 0.3) is 0 Å². The standard InChI is InChI=1S/C19H19N3O2S/c1-13(19-20-12-15(22-19)14-6-3-2-4-7-14)21-18(24)10-9-16(23)17-8-5-11-25-17/h2-8,11-13H,9-10H2,1H3,(H,20,22)(H,21,24)/t13-/m0/s1. The topological polar surface area (TPSA) is 74.8 Å². The van der Waals surface area contributed by atoms with Crippen LogP contribution in [0.1, 0.15) is 41.3 Å². The van der Waals surface area contributed by atoms with Crippen molar-refractivity contribution >= 4 is 23.0 Å². The van der Waals surface area contributed by atoms with Crippen LogP contribution in [-0.4, -0.2) is 21.7 Å². The molecule has 0 aliphatic carbocycles. The summed E-state index contributed by atoms with van der Waals surface area (Å²) in [7, 11) is 0. The second-order valence-corrected chi connectivity index (χ2v) is 6.69. The Balaban J connectivity index is 1.53. The molecule has 0 aliphatic heterocycles. The second-order valence-electron chi connectivity index (χ2n) is 5.74. The Morgan fingerprint density at radius 3 is 2.68 bits per heavy atom. The van der Waals surface area contributed by atoms with E-state index < -0.39 is 0 Å². The molecule has 1 atom stereocenters. The van der Waals surface area contributed by atoms with Crippen LogP contribution < -0.4 is 5.32 Å². The van der Waals surface area contributed by atoms with Gasteiger partial charge in [-0.25, -0.2) is 4.98 Å². The second kappa shape index (κ2) is 7.90. The van der Waals surface area contributed by atoms with Crippen molar-refractivity contribution in [3.8, 4) is 11.3 Å². The molecule has 0 fully saturated rings. The van der Waals surface area contributed by atoms with Gasteiger partial charge in [-0.1, -0.05) is 36.4 Å². The number of carbonyl (C=O) groups excluding carboxylic acids is 2. The molecule has 2 N–H and O–H groups in total. The third-order valence-electron chi connectivity index (χ3n) is 3.84. The summed E-state index contributed by atoms with van der Waals surface area (Å²) >= 11 is 1.40.